The summed E-state index contributed by atoms with van der Waals surface area (Å²) in [4.78, 5) is 13.8. The monoisotopic (exact) mass is 188 g/mol. The summed E-state index contributed by atoms with van der Waals surface area (Å²) in [5.74, 6) is 0. The SMILES string of the molecule is O=C(O)N(O)c1cccnc1Cl. The van der Waals surface area contributed by atoms with Crippen molar-refractivity contribution >= 4 is 23.4 Å². The lowest BCUT2D eigenvalue weighted by atomic mass is 10.4. The second-order valence-electron chi connectivity index (χ2n) is 1.91. The molecule has 12 heavy (non-hydrogen) atoms. The number of aromatic nitrogens is 1. The van der Waals surface area contributed by atoms with Crippen LogP contribution in [0.1, 0.15) is 0 Å². The third-order valence-corrected chi connectivity index (χ3v) is 1.44. The van der Waals surface area contributed by atoms with E-state index in [1.54, 1.807) is 0 Å². The Bertz CT molecular complexity index is 305. The first kappa shape index (κ1) is 8.76. The number of amides is 1. The van der Waals surface area contributed by atoms with Crippen molar-refractivity contribution in [2.24, 2.45) is 0 Å². The Labute approximate surface area is 72.8 Å². The standard InChI is InChI=1S/C6H5ClN2O3/c7-5-4(2-1-3-8-5)9(12)6(10)11/h1-3,12H,(H,10,11). The second-order valence-corrected chi connectivity index (χ2v) is 2.27. The molecular formula is C6H5ClN2O3. The number of anilines is 1. The minimum Gasteiger partial charge on any atom is -0.463 e. The van der Waals surface area contributed by atoms with Gasteiger partial charge in [-0.1, -0.05) is 11.6 Å². The number of halogens is 1. The number of hydroxylamine groups is 1. The van der Waals surface area contributed by atoms with Crippen LogP contribution in [0.2, 0.25) is 5.15 Å². The zero-order chi connectivity index (χ0) is 9.14. The molecule has 0 fully saturated rings. The first-order valence-electron chi connectivity index (χ1n) is 2.95. The number of nitrogens with zero attached hydrogens (tertiary/aromatic N) is 2. The highest BCUT2D eigenvalue weighted by Crippen LogP contribution is 2.20. The molecule has 0 unspecified atom stereocenters. The van der Waals surface area contributed by atoms with Crippen molar-refractivity contribution in [2.75, 3.05) is 5.06 Å². The Balaban J connectivity index is 3.02. The predicted molar refractivity (Wildman–Crippen MR) is 41.5 cm³/mol. The highest BCUT2D eigenvalue weighted by molar-refractivity contribution is 6.32. The lowest BCUT2D eigenvalue weighted by molar-refractivity contribution is 0.160. The molecule has 0 aliphatic heterocycles. The maximum atomic E-state index is 10.2. The topological polar surface area (TPSA) is 73.7 Å². The Kier molecular flexibility index (Phi) is 2.47. The first-order chi connectivity index (χ1) is 5.63. The van der Waals surface area contributed by atoms with Gasteiger partial charge in [-0.2, -0.15) is 5.06 Å². The van der Waals surface area contributed by atoms with Crippen LogP contribution < -0.4 is 5.06 Å². The normalized spacial score (nSPS) is 9.50. The van der Waals surface area contributed by atoms with Crippen LogP contribution in [-0.4, -0.2) is 21.4 Å². The third kappa shape index (κ3) is 1.63. The van der Waals surface area contributed by atoms with E-state index in [1.165, 1.54) is 18.3 Å². The van der Waals surface area contributed by atoms with Gasteiger partial charge in [-0.3, -0.25) is 5.21 Å². The average molecular weight is 189 g/mol. The molecule has 1 aromatic heterocycles. The molecular weight excluding hydrogens is 184 g/mol. The van der Waals surface area contributed by atoms with Crippen LogP contribution in [0, 0.1) is 0 Å². The zero-order valence-electron chi connectivity index (χ0n) is 5.81. The summed E-state index contributed by atoms with van der Waals surface area (Å²) in [6.07, 6.45) is -0.119. The van der Waals surface area contributed by atoms with Crippen molar-refractivity contribution in [3.05, 3.63) is 23.5 Å². The van der Waals surface area contributed by atoms with Crippen molar-refractivity contribution in [1.29, 1.82) is 0 Å². The highest BCUT2D eigenvalue weighted by atomic mass is 35.5. The van der Waals surface area contributed by atoms with Crippen LogP contribution >= 0.6 is 11.6 Å². The largest absolute Gasteiger partial charge is 0.463 e. The van der Waals surface area contributed by atoms with Crippen LogP contribution in [0.25, 0.3) is 0 Å². The van der Waals surface area contributed by atoms with Gasteiger partial charge in [-0.15, -0.1) is 0 Å². The average Bonchev–Trinajstić information content (AvgIpc) is 2.04. The molecule has 0 aliphatic carbocycles. The van der Waals surface area contributed by atoms with Gasteiger partial charge in [0.1, 0.15) is 5.69 Å². The molecule has 0 atom stereocenters. The molecule has 5 nitrogen and oxygen atoms in total. The molecule has 2 N–H and O–H groups in total. The third-order valence-electron chi connectivity index (χ3n) is 1.15. The van der Waals surface area contributed by atoms with E-state index in [4.69, 9.17) is 21.9 Å². The van der Waals surface area contributed by atoms with E-state index in [9.17, 15) is 4.79 Å². The van der Waals surface area contributed by atoms with E-state index >= 15 is 0 Å². The van der Waals surface area contributed by atoms with Crippen LogP contribution in [-0.2, 0) is 0 Å². The highest BCUT2D eigenvalue weighted by Gasteiger charge is 2.14. The van der Waals surface area contributed by atoms with Gasteiger partial charge in [-0.25, -0.2) is 9.78 Å². The number of hydrogen-bond acceptors (Lipinski definition) is 3. The fraction of sp³-hybridized carbons (Fsp3) is 0. The molecule has 1 rings (SSSR count). The molecule has 0 saturated heterocycles. The number of pyridine rings is 1. The summed E-state index contributed by atoms with van der Waals surface area (Å²) >= 11 is 5.49. The van der Waals surface area contributed by atoms with Gasteiger partial charge in [-0.05, 0) is 12.1 Å². The van der Waals surface area contributed by atoms with E-state index in [2.05, 4.69) is 4.98 Å². The van der Waals surface area contributed by atoms with E-state index in [-0.39, 0.29) is 15.9 Å². The van der Waals surface area contributed by atoms with Crippen LogP contribution in [0.3, 0.4) is 0 Å². The van der Waals surface area contributed by atoms with Crippen LogP contribution in [0.4, 0.5) is 10.5 Å². The Hall–Kier alpha value is -1.33. The van der Waals surface area contributed by atoms with Gasteiger partial charge in [0, 0.05) is 6.20 Å². The quantitative estimate of drug-likeness (QED) is 0.399. The van der Waals surface area contributed by atoms with Crippen molar-refractivity contribution in [3.63, 3.8) is 0 Å². The van der Waals surface area contributed by atoms with Crippen LogP contribution in [0.15, 0.2) is 18.3 Å². The molecule has 0 spiro atoms. The molecule has 1 amide bonds. The summed E-state index contributed by atoms with van der Waals surface area (Å²) in [7, 11) is 0. The van der Waals surface area contributed by atoms with Gasteiger partial charge in [0.05, 0.1) is 0 Å². The summed E-state index contributed by atoms with van der Waals surface area (Å²) in [5.41, 5.74) is -0.0633. The molecule has 0 aromatic carbocycles. The van der Waals surface area contributed by atoms with E-state index < -0.39 is 6.09 Å². The Morgan fingerprint density at radius 2 is 2.33 bits per heavy atom. The number of carboxylic acid groups (broad SMARTS) is 1. The Morgan fingerprint density at radius 1 is 1.67 bits per heavy atom. The van der Waals surface area contributed by atoms with Gasteiger partial charge in [0.2, 0.25) is 0 Å². The van der Waals surface area contributed by atoms with Crippen LogP contribution in [0.5, 0.6) is 0 Å². The summed E-state index contributed by atoms with van der Waals surface area (Å²) in [6, 6.07) is 2.80. The fourth-order valence-corrected chi connectivity index (χ4v) is 0.838. The number of hydrogen-bond donors (Lipinski definition) is 2. The smallest absolute Gasteiger partial charge is 0.436 e. The molecule has 0 bridgehead atoms. The lowest BCUT2D eigenvalue weighted by Gasteiger charge is -2.10. The molecule has 0 aliphatic rings. The van der Waals surface area contributed by atoms with E-state index in [0.717, 1.165) is 0 Å². The van der Waals surface area contributed by atoms with Crippen molar-refractivity contribution in [1.82, 2.24) is 4.98 Å². The number of carbonyl (C=O) groups is 1. The zero-order valence-corrected chi connectivity index (χ0v) is 6.56. The van der Waals surface area contributed by atoms with Gasteiger partial charge in [0.25, 0.3) is 0 Å². The molecule has 64 valence electrons. The lowest BCUT2D eigenvalue weighted by Crippen LogP contribution is -2.25. The minimum absolute atomic E-state index is 0.00926. The Morgan fingerprint density at radius 3 is 2.83 bits per heavy atom. The van der Waals surface area contributed by atoms with Gasteiger partial charge in [0.15, 0.2) is 5.15 Å². The van der Waals surface area contributed by atoms with Gasteiger partial charge >= 0.3 is 6.09 Å². The predicted octanol–water partition coefficient (Wildman–Crippen LogP) is 1.61. The fourth-order valence-electron chi connectivity index (χ4n) is 0.639. The first-order valence-corrected chi connectivity index (χ1v) is 3.33. The van der Waals surface area contributed by atoms with Crippen molar-refractivity contribution in [2.45, 2.75) is 0 Å². The van der Waals surface area contributed by atoms with E-state index in [0.29, 0.717) is 0 Å². The maximum absolute atomic E-state index is 10.2. The summed E-state index contributed by atoms with van der Waals surface area (Å²) in [5, 5.41) is 17.2. The second kappa shape index (κ2) is 3.38. The summed E-state index contributed by atoms with van der Waals surface area (Å²) < 4.78 is 0. The summed E-state index contributed by atoms with van der Waals surface area (Å²) in [6.45, 7) is 0. The van der Waals surface area contributed by atoms with Gasteiger partial charge < -0.3 is 5.11 Å². The maximum Gasteiger partial charge on any atom is 0.436 e. The number of rotatable bonds is 1. The molecule has 0 saturated carbocycles. The molecule has 0 radical (unpaired) electrons. The molecule has 1 aromatic rings. The molecule has 1 heterocycles. The van der Waals surface area contributed by atoms with Crippen molar-refractivity contribution < 1.29 is 15.1 Å². The van der Waals surface area contributed by atoms with E-state index in [1.807, 2.05) is 0 Å². The minimum atomic E-state index is -1.51. The van der Waals surface area contributed by atoms with Crippen molar-refractivity contribution in [3.8, 4) is 0 Å². The molecule has 6 heteroatoms.